The largest absolute Gasteiger partial charge is 0.483 e. The quantitative estimate of drug-likeness (QED) is 0.288. The molecule has 37 heavy (non-hydrogen) atoms. The molecule has 1 aliphatic carbocycles. The molecule has 1 unspecified atom stereocenters. The molecule has 0 saturated carbocycles. The molecular formula is C28H35N5O2S2. The first-order valence-electron chi connectivity index (χ1n) is 12.9. The van der Waals surface area contributed by atoms with Crippen LogP contribution in [0.2, 0.25) is 0 Å². The standard InChI is InChI=1S/C28H35N5O2S2/c1-17(2)15-33-26(19(5)35-21-12-10-20(11-13-21)18(3)4)31-32-28(33)36-16-25(34)30-27-23(14-29)22-8-6-7-9-24(22)37-27/h10-13,17-19H,6-9,15-16H2,1-5H3,(H,30,34). The average molecular weight is 538 g/mol. The Labute approximate surface area is 227 Å². The van der Waals surface area contributed by atoms with Gasteiger partial charge < -0.3 is 14.6 Å². The molecule has 1 aromatic carbocycles. The number of fused-ring (bicyclic) bond motifs is 1. The highest BCUT2D eigenvalue weighted by Gasteiger charge is 2.24. The third-order valence-electron chi connectivity index (χ3n) is 6.38. The number of rotatable bonds is 10. The minimum absolute atomic E-state index is 0.143. The Hall–Kier alpha value is -2.83. The second kappa shape index (κ2) is 12.1. The van der Waals surface area contributed by atoms with Gasteiger partial charge in [-0.25, -0.2) is 0 Å². The first-order chi connectivity index (χ1) is 17.8. The Morgan fingerprint density at radius 3 is 2.57 bits per heavy atom. The molecule has 0 radical (unpaired) electrons. The molecule has 9 heteroatoms. The highest BCUT2D eigenvalue weighted by molar-refractivity contribution is 7.99. The fourth-order valence-electron chi connectivity index (χ4n) is 4.50. The fourth-order valence-corrected chi connectivity index (χ4v) is 6.51. The average Bonchev–Trinajstić information content (AvgIpc) is 3.42. The number of aromatic nitrogens is 3. The third kappa shape index (κ3) is 6.55. The summed E-state index contributed by atoms with van der Waals surface area (Å²) in [5.74, 6) is 2.41. The van der Waals surface area contributed by atoms with E-state index in [1.165, 1.54) is 22.2 Å². The molecule has 2 aromatic heterocycles. The molecule has 196 valence electrons. The number of carbonyl (C=O) groups is 1. The van der Waals surface area contributed by atoms with E-state index in [9.17, 15) is 10.1 Å². The van der Waals surface area contributed by atoms with Crippen molar-refractivity contribution in [1.29, 1.82) is 5.26 Å². The molecule has 0 fully saturated rings. The maximum atomic E-state index is 12.8. The molecule has 3 aromatic rings. The van der Waals surface area contributed by atoms with Crippen molar-refractivity contribution in [2.45, 2.75) is 84.0 Å². The summed E-state index contributed by atoms with van der Waals surface area (Å²) in [6.45, 7) is 11.3. The van der Waals surface area contributed by atoms with Crippen LogP contribution in [0, 0.1) is 17.2 Å². The summed E-state index contributed by atoms with van der Waals surface area (Å²) in [4.78, 5) is 14.1. The predicted molar refractivity (Wildman–Crippen MR) is 149 cm³/mol. The number of aryl methyl sites for hydroxylation is 1. The van der Waals surface area contributed by atoms with Gasteiger partial charge in [0.25, 0.3) is 0 Å². The molecule has 1 amide bonds. The number of thioether (sulfide) groups is 1. The zero-order chi connectivity index (χ0) is 26.5. The zero-order valence-corrected chi connectivity index (χ0v) is 23.8. The summed E-state index contributed by atoms with van der Waals surface area (Å²) in [7, 11) is 0. The van der Waals surface area contributed by atoms with Gasteiger partial charge in [0.2, 0.25) is 5.91 Å². The van der Waals surface area contributed by atoms with Gasteiger partial charge in [-0.05, 0) is 67.7 Å². The molecule has 0 bridgehead atoms. The first kappa shape index (κ1) is 27.2. The minimum Gasteiger partial charge on any atom is -0.483 e. The number of amides is 1. The molecule has 1 N–H and O–H groups in total. The number of nitriles is 1. The highest BCUT2D eigenvalue weighted by Crippen LogP contribution is 2.37. The van der Waals surface area contributed by atoms with Gasteiger partial charge in [0.05, 0.1) is 11.3 Å². The topological polar surface area (TPSA) is 92.8 Å². The van der Waals surface area contributed by atoms with E-state index < -0.39 is 0 Å². The maximum absolute atomic E-state index is 12.8. The second-order valence-corrected chi connectivity index (χ2v) is 12.2. The number of ether oxygens (including phenoxy) is 1. The predicted octanol–water partition coefficient (Wildman–Crippen LogP) is 6.74. The van der Waals surface area contributed by atoms with E-state index >= 15 is 0 Å². The molecule has 4 rings (SSSR count). The molecule has 2 heterocycles. The number of hydrogen-bond donors (Lipinski definition) is 1. The number of nitrogens with zero attached hydrogens (tertiary/aromatic N) is 4. The van der Waals surface area contributed by atoms with Gasteiger partial charge in [-0.3, -0.25) is 4.79 Å². The van der Waals surface area contributed by atoms with Crippen molar-refractivity contribution in [3.8, 4) is 11.8 Å². The number of nitrogens with one attached hydrogen (secondary N) is 1. The van der Waals surface area contributed by atoms with E-state index in [1.807, 2.05) is 19.1 Å². The van der Waals surface area contributed by atoms with Crippen LogP contribution in [0.25, 0.3) is 0 Å². The van der Waals surface area contributed by atoms with Crippen LogP contribution in [0.15, 0.2) is 29.4 Å². The van der Waals surface area contributed by atoms with Crippen LogP contribution >= 0.6 is 23.1 Å². The molecule has 1 aliphatic rings. The first-order valence-corrected chi connectivity index (χ1v) is 14.7. The van der Waals surface area contributed by atoms with Crippen molar-refractivity contribution in [2.75, 3.05) is 11.1 Å². The number of anilines is 1. The number of benzene rings is 1. The van der Waals surface area contributed by atoms with Crippen molar-refractivity contribution in [2.24, 2.45) is 5.92 Å². The van der Waals surface area contributed by atoms with E-state index in [2.05, 4.69) is 66.0 Å². The molecule has 0 saturated heterocycles. The summed E-state index contributed by atoms with van der Waals surface area (Å²) in [6.07, 6.45) is 3.85. The summed E-state index contributed by atoms with van der Waals surface area (Å²) >= 11 is 2.90. The van der Waals surface area contributed by atoms with Crippen LogP contribution in [-0.4, -0.2) is 26.4 Å². The SMILES string of the molecule is CC(C)Cn1c(SCC(=O)Nc2sc3c(c2C#N)CCCC3)nnc1C(C)Oc1ccc(C(C)C)cc1. The summed E-state index contributed by atoms with van der Waals surface area (Å²) in [5, 5.41) is 22.9. The summed E-state index contributed by atoms with van der Waals surface area (Å²) in [5.41, 5.74) is 3.02. The van der Waals surface area contributed by atoms with Crippen LogP contribution in [0.5, 0.6) is 5.75 Å². The zero-order valence-electron chi connectivity index (χ0n) is 22.2. The van der Waals surface area contributed by atoms with Gasteiger partial charge >= 0.3 is 0 Å². The lowest BCUT2D eigenvalue weighted by atomic mass is 9.96. The lowest BCUT2D eigenvalue weighted by Gasteiger charge is -2.18. The van der Waals surface area contributed by atoms with Crippen LogP contribution < -0.4 is 10.1 Å². The van der Waals surface area contributed by atoms with Gasteiger partial charge in [-0.1, -0.05) is 51.6 Å². The lowest BCUT2D eigenvalue weighted by Crippen LogP contribution is -2.17. The Balaban J connectivity index is 1.44. The van der Waals surface area contributed by atoms with E-state index in [0.29, 0.717) is 27.6 Å². The van der Waals surface area contributed by atoms with Gasteiger partial charge in [0.1, 0.15) is 16.8 Å². The molecule has 1 atom stereocenters. The Bertz CT molecular complexity index is 1270. The molecular weight excluding hydrogens is 502 g/mol. The monoisotopic (exact) mass is 537 g/mol. The van der Waals surface area contributed by atoms with Crippen LogP contribution in [0.1, 0.15) is 86.9 Å². The smallest absolute Gasteiger partial charge is 0.235 e. The van der Waals surface area contributed by atoms with Crippen LogP contribution in [0.3, 0.4) is 0 Å². The third-order valence-corrected chi connectivity index (χ3v) is 8.56. The summed E-state index contributed by atoms with van der Waals surface area (Å²) in [6, 6.07) is 10.5. The van der Waals surface area contributed by atoms with Crippen molar-refractivity contribution >= 4 is 34.0 Å². The fraction of sp³-hybridized carbons (Fsp3) is 0.500. The molecule has 7 nitrogen and oxygen atoms in total. The number of carbonyl (C=O) groups excluding carboxylic acids is 1. The maximum Gasteiger partial charge on any atom is 0.235 e. The van der Waals surface area contributed by atoms with Crippen molar-refractivity contribution in [3.63, 3.8) is 0 Å². The van der Waals surface area contributed by atoms with Crippen molar-refractivity contribution < 1.29 is 9.53 Å². The number of hydrogen-bond acceptors (Lipinski definition) is 7. The van der Waals surface area contributed by atoms with Crippen molar-refractivity contribution in [1.82, 2.24) is 14.8 Å². The van der Waals surface area contributed by atoms with Gasteiger partial charge in [0.15, 0.2) is 17.1 Å². The second-order valence-electron chi connectivity index (χ2n) is 10.2. The minimum atomic E-state index is -0.296. The van der Waals surface area contributed by atoms with Gasteiger partial charge in [-0.2, -0.15) is 5.26 Å². The van der Waals surface area contributed by atoms with Gasteiger partial charge in [-0.15, -0.1) is 21.5 Å². The Morgan fingerprint density at radius 2 is 1.89 bits per heavy atom. The lowest BCUT2D eigenvalue weighted by molar-refractivity contribution is -0.113. The van der Waals surface area contributed by atoms with E-state index in [4.69, 9.17) is 4.74 Å². The van der Waals surface area contributed by atoms with E-state index in [0.717, 1.165) is 49.4 Å². The van der Waals surface area contributed by atoms with E-state index in [1.54, 1.807) is 11.3 Å². The Morgan fingerprint density at radius 1 is 1.16 bits per heavy atom. The van der Waals surface area contributed by atoms with Gasteiger partial charge in [0, 0.05) is 11.4 Å². The Kier molecular flexibility index (Phi) is 8.93. The normalized spacial score (nSPS) is 13.9. The van der Waals surface area contributed by atoms with E-state index in [-0.39, 0.29) is 17.8 Å². The van der Waals surface area contributed by atoms with Crippen molar-refractivity contribution in [3.05, 3.63) is 51.7 Å². The highest BCUT2D eigenvalue weighted by atomic mass is 32.2. The summed E-state index contributed by atoms with van der Waals surface area (Å²) < 4.78 is 8.26. The van der Waals surface area contributed by atoms with Crippen LogP contribution in [0.4, 0.5) is 5.00 Å². The number of thiophene rings is 1. The van der Waals surface area contributed by atoms with Crippen LogP contribution in [-0.2, 0) is 24.2 Å². The molecule has 0 spiro atoms. The molecule has 0 aliphatic heterocycles.